The molecule has 0 radical (unpaired) electrons. The van der Waals surface area contributed by atoms with Gasteiger partial charge in [-0.05, 0) is 56.3 Å². The van der Waals surface area contributed by atoms with Gasteiger partial charge in [0.15, 0.2) is 0 Å². The molecular weight excluding hydrogens is 336 g/mol. The van der Waals surface area contributed by atoms with Crippen LogP contribution in [0.3, 0.4) is 0 Å². The van der Waals surface area contributed by atoms with E-state index in [1.807, 2.05) is 0 Å². The molecule has 1 rings (SSSR count). The van der Waals surface area contributed by atoms with Crippen LogP contribution in [0.4, 0.5) is 0 Å². The van der Waals surface area contributed by atoms with Gasteiger partial charge in [-0.15, -0.1) is 12.8 Å². The second-order valence-corrected chi connectivity index (χ2v) is 9.18. The van der Waals surface area contributed by atoms with Crippen molar-refractivity contribution >= 4 is 0 Å². The summed E-state index contributed by atoms with van der Waals surface area (Å²) in [5.74, 6) is 3.06. The van der Waals surface area contributed by atoms with Crippen molar-refractivity contribution in [3.05, 3.63) is 12.2 Å². The van der Waals surface area contributed by atoms with Gasteiger partial charge < -0.3 is 0 Å². The predicted molar refractivity (Wildman–Crippen MR) is 130 cm³/mol. The summed E-state index contributed by atoms with van der Waals surface area (Å²) in [5.41, 5.74) is 1.53. The molecule has 28 heavy (non-hydrogen) atoms. The lowest BCUT2D eigenvalue weighted by molar-refractivity contribution is 0.137. The molecule has 3 unspecified atom stereocenters. The molecule has 0 nitrogen and oxygen atoms in total. The molecule has 3 atom stereocenters. The number of hydrogen-bond donors (Lipinski definition) is 0. The third-order valence-corrected chi connectivity index (χ3v) is 7.02. The topological polar surface area (TPSA) is 0 Å². The molecule has 0 aliphatic heterocycles. The first-order chi connectivity index (χ1) is 13.7. The Morgan fingerprint density at radius 1 is 0.821 bits per heavy atom. The quantitative estimate of drug-likeness (QED) is 0.140. The Hall–Kier alpha value is -0.700. The van der Waals surface area contributed by atoms with Crippen molar-refractivity contribution in [1.82, 2.24) is 0 Å². The maximum absolute atomic E-state index is 4.38. The first-order valence-electron chi connectivity index (χ1n) is 12.7. The second-order valence-electron chi connectivity index (χ2n) is 9.18. The van der Waals surface area contributed by atoms with Crippen molar-refractivity contribution in [2.75, 3.05) is 0 Å². The van der Waals surface area contributed by atoms with E-state index in [1.165, 1.54) is 121 Å². The Balaban J connectivity index is 0.00000352. The third kappa shape index (κ3) is 12.7. The SMILES string of the molecule is C#C.C=C(CCCCCCCC)CCCC(CC)C1CCCCC1CCCC. The number of rotatable bonds is 16. The standard InChI is InChI=1S/C26H50.C2H2/c1-5-8-10-11-12-13-17-23(4)18-16-21-24(7-3)26-22-15-14-20-25(26)19-9-6-2;1-2/h24-26H,4-22H2,1-3H3;1-2H. The third-order valence-electron chi connectivity index (χ3n) is 7.02. The smallest absolute Gasteiger partial charge is 0.0323 e. The highest BCUT2D eigenvalue weighted by Crippen LogP contribution is 2.41. The van der Waals surface area contributed by atoms with Crippen LogP contribution >= 0.6 is 0 Å². The fourth-order valence-corrected chi connectivity index (χ4v) is 5.30. The Morgan fingerprint density at radius 2 is 1.43 bits per heavy atom. The summed E-state index contributed by atoms with van der Waals surface area (Å²) in [7, 11) is 0. The minimum absolute atomic E-state index is 0.985. The molecule has 0 heteroatoms. The van der Waals surface area contributed by atoms with Crippen molar-refractivity contribution in [3.8, 4) is 12.8 Å². The van der Waals surface area contributed by atoms with Crippen molar-refractivity contribution in [1.29, 1.82) is 0 Å². The molecule has 164 valence electrons. The molecule has 1 aliphatic carbocycles. The monoisotopic (exact) mass is 388 g/mol. The van der Waals surface area contributed by atoms with E-state index in [0.29, 0.717) is 0 Å². The molecule has 0 bridgehead atoms. The maximum Gasteiger partial charge on any atom is -0.0323 e. The van der Waals surface area contributed by atoms with Gasteiger partial charge in [0.05, 0.1) is 0 Å². The average molecular weight is 389 g/mol. The van der Waals surface area contributed by atoms with E-state index in [-0.39, 0.29) is 0 Å². The largest absolute Gasteiger partial charge is 0.124 e. The van der Waals surface area contributed by atoms with Gasteiger partial charge >= 0.3 is 0 Å². The molecule has 0 saturated heterocycles. The average Bonchev–Trinajstić information content (AvgIpc) is 2.74. The molecule has 0 spiro atoms. The Kier molecular flexibility index (Phi) is 19.1. The van der Waals surface area contributed by atoms with Crippen molar-refractivity contribution in [2.45, 2.75) is 136 Å². The fraction of sp³-hybridized carbons (Fsp3) is 0.857. The highest BCUT2D eigenvalue weighted by molar-refractivity contribution is 4.94. The van der Waals surface area contributed by atoms with E-state index in [2.05, 4.69) is 40.2 Å². The van der Waals surface area contributed by atoms with Gasteiger partial charge in [-0.2, -0.15) is 0 Å². The molecule has 0 aromatic heterocycles. The van der Waals surface area contributed by atoms with Crippen LogP contribution in [0, 0.1) is 30.6 Å². The van der Waals surface area contributed by atoms with Gasteiger partial charge in [-0.25, -0.2) is 0 Å². The molecule has 1 aliphatic rings. The minimum atomic E-state index is 0.985. The van der Waals surface area contributed by atoms with E-state index in [0.717, 1.165) is 17.8 Å². The van der Waals surface area contributed by atoms with Crippen LogP contribution in [0.15, 0.2) is 12.2 Å². The van der Waals surface area contributed by atoms with Crippen molar-refractivity contribution in [2.24, 2.45) is 17.8 Å². The van der Waals surface area contributed by atoms with Gasteiger partial charge in [-0.3, -0.25) is 0 Å². The summed E-state index contributed by atoms with van der Waals surface area (Å²) in [4.78, 5) is 0. The zero-order valence-electron chi connectivity index (χ0n) is 19.8. The Morgan fingerprint density at radius 3 is 2.11 bits per heavy atom. The lowest BCUT2D eigenvalue weighted by atomic mass is 9.68. The van der Waals surface area contributed by atoms with Gasteiger partial charge in [0.2, 0.25) is 0 Å². The molecule has 1 fully saturated rings. The van der Waals surface area contributed by atoms with Crippen LogP contribution < -0.4 is 0 Å². The lowest BCUT2D eigenvalue weighted by Crippen LogP contribution is -2.27. The minimum Gasteiger partial charge on any atom is -0.124 e. The van der Waals surface area contributed by atoms with Crippen LogP contribution in [-0.2, 0) is 0 Å². The summed E-state index contributed by atoms with van der Waals surface area (Å²) in [5, 5.41) is 0. The first-order valence-corrected chi connectivity index (χ1v) is 12.7. The molecule has 0 aromatic carbocycles. The van der Waals surface area contributed by atoms with Crippen molar-refractivity contribution in [3.63, 3.8) is 0 Å². The molecule has 0 amide bonds. The van der Waals surface area contributed by atoms with Gasteiger partial charge in [0.25, 0.3) is 0 Å². The molecule has 1 saturated carbocycles. The van der Waals surface area contributed by atoms with E-state index < -0.39 is 0 Å². The fourth-order valence-electron chi connectivity index (χ4n) is 5.30. The van der Waals surface area contributed by atoms with Gasteiger partial charge in [0, 0.05) is 0 Å². The maximum atomic E-state index is 4.38. The molecule has 0 aromatic rings. The summed E-state index contributed by atoms with van der Waals surface area (Å²) in [6.07, 6.45) is 33.6. The van der Waals surface area contributed by atoms with Gasteiger partial charge in [0.1, 0.15) is 0 Å². The summed E-state index contributed by atoms with van der Waals surface area (Å²) in [6.45, 7) is 11.5. The van der Waals surface area contributed by atoms with Crippen LogP contribution in [0.2, 0.25) is 0 Å². The van der Waals surface area contributed by atoms with E-state index in [9.17, 15) is 0 Å². The summed E-state index contributed by atoms with van der Waals surface area (Å²) in [6, 6.07) is 0. The Bertz CT molecular complexity index is 363. The number of terminal acetylenes is 1. The summed E-state index contributed by atoms with van der Waals surface area (Å²) < 4.78 is 0. The van der Waals surface area contributed by atoms with Crippen molar-refractivity contribution < 1.29 is 0 Å². The van der Waals surface area contributed by atoms with Crippen LogP contribution in [0.1, 0.15) is 136 Å². The molecule has 0 N–H and O–H groups in total. The van der Waals surface area contributed by atoms with Crippen LogP contribution in [-0.4, -0.2) is 0 Å². The van der Waals surface area contributed by atoms with E-state index in [1.54, 1.807) is 0 Å². The van der Waals surface area contributed by atoms with E-state index in [4.69, 9.17) is 0 Å². The zero-order chi connectivity index (χ0) is 21.0. The highest BCUT2D eigenvalue weighted by atomic mass is 14.3. The predicted octanol–water partition coefficient (Wildman–Crippen LogP) is 9.74. The van der Waals surface area contributed by atoms with Crippen LogP contribution in [0.25, 0.3) is 0 Å². The zero-order valence-corrected chi connectivity index (χ0v) is 19.8. The van der Waals surface area contributed by atoms with Gasteiger partial charge in [-0.1, -0.05) is 110 Å². The van der Waals surface area contributed by atoms with Crippen LogP contribution in [0.5, 0.6) is 0 Å². The molecule has 0 heterocycles. The summed E-state index contributed by atoms with van der Waals surface area (Å²) >= 11 is 0. The second kappa shape index (κ2) is 19.6. The number of hydrogen-bond acceptors (Lipinski definition) is 0. The highest BCUT2D eigenvalue weighted by Gasteiger charge is 2.30. The number of unbranched alkanes of at least 4 members (excludes halogenated alkanes) is 6. The van der Waals surface area contributed by atoms with E-state index >= 15 is 0 Å². The molecular formula is C28H52. The number of allylic oxidation sites excluding steroid dienone is 1. The lowest BCUT2D eigenvalue weighted by Gasteiger charge is -2.37. The normalized spacial score (nSPS) is 20.2. The first kappa shape index (κ1) is 27.3. The Labute approximate surface area is 179 Å².